The molecule has 2 rings (SSSR count). The molecule has 0 amide bonds. The van der Waals surface area contributed by atoms with Gasteiger partial charge in [-0.15, -0.1) is 0 Å². The maximum absolute atomic E-state index is 5.65. The normalized spacial score (nSPS) is 11.1. The molecule has 0 atom stereocenters. The molecular weight excluding hydrogens is 238 g/mol. The van der Waals surface area contributed by atoms with Gasteiger partial charge in [-0.1, -0.05) is 30.3 Å². The van der Waals surface area contributed by atoms with E-state index in [9.17, 15) is 0 Å². The van der Waals surface area contributed by atoms with Crippen molar-refractivity contribution in [3.63, 3.8) is 0 Å². The summed E-state index contributed by atoms with van der Waals surface area (Å²) in [6.07, 6.45) is 2.56. The Bertz CT molecular complexity index is 473. The smallest absolute Gasteiger partial charge is 0.244 e. The minimum atomic E-state index is -0.330. The van der Waals surface area contributed by atoms with Crippen LogP contribution in [0.4, 0.5) is 0 Å². The van der Waals surface area contributed by atoms with Gasteiger partial charge in [-0.3, -0.25) is 0 Å². The lowest BCUT2D eigenvalue weighted by Gasteiger charge is -2.21. The van der Waals surface area contributed by atoms with Gasteiger partial charge in [0.25, 0.3) is 0 Å². The molecule has 0 saturated heterocycles. The molecule has 2 aromatic rings. The molecule has 102 valence electrons. The van der Waals surface area contributed by atoms with E-state index in [1.807, 2.05) is 32.2 Å². The highest BCUT2D eigenvalue weighted by atomic mass is 16.7. The number of benzene rings is 1. The topological polar surface area (TPSA) is 23.4 Å². The van der Waals surface area contributed by atoms with E-state index in [0.717, 1.165) is 6.42 Å². The van der Waals surface area contributed by atoms with Gasteiger partial charge >= 0.3 is 0 Å². The Balaban J connectivity index is 2.16. The van der Waals surface area contributed by atoms with E-state index < -0.39 is 0 Å². The first-order valence-electron chi connectivity index (χ1n) is 6.78. The van der Waals surface area contributed by atoms with Crippen molar-refractivity contribution in [2.75, 3.05) is 13.2 Å². The van der Waals surface area contributed by atoms with E-state index in [1.54, 1.807) is 0 Å². The molecule has 19 heavy (non-hydrogen) atoms. The first-order chi connectivity index (χ1) is 9.35. The molecule has 0 N–H and O–H groups in total. The number of rotatable bonds is 7. The third-order valence-corrected chi connectivity index (χ3v) is 2.94. The molecule has 0 spiro atoms. The molecule has 3 heteroatoms. The molecule has 0 aliphatic carbocycles. The molecule has 0 saturated carbocycles. The van der Waals surface area contributed by atoms with Crippen LogP contribution in [0.5, 0.6) is 0 Å². The van der Waals surface area contributed by atoms with E-state index in [4.69, 9.17) is 9.47 Å². The van der Waals surface area contributed by atoms with Crippen molar-refractivity contribution in [1.29, 1.82) is 0 Å². The summed E-state index contributed by atoms with van der Waals surface area (Å²) in [5.74, 6) is 0. The highest BCUT2D eigenvalue weighted by Crippen LogP contribution is 2.18. The average Bonchev–Trinajstić information content (AvgIpc) is 2.88. The summed E-state index contributed by atoms with van der Waals surface area (Å²) < 4.78 is 13.3. The fourth-order valence-corrected chi connectivity index (χ4v) is 2.08. The Hall–Kier alpha value is -1.58. The van der Waals surface area contributed by atoms with Gasteiger partial charge in [0.05, 0.1) is 0 Å². The largest absolute Gasteiger partial charge is 0.335 e. The number of hydrogen-bond acceptors (Lipinski definition) is 2. The standard InChI is InChI=1S/C16H21NO2/c1-3-18-16(19-4-2)17-12-8-11-15(17)13-14-9-6-5-7-10-14/h5-12,16H,3-4,13H2,1-2H3. The molecule has 1 aromatic carbocycles. The van der Waals surface area contributed by atoms with E-state index in [2.05, 4.69) is 34.9 Å². The van der Waals surface area contributed by atoms with Crippen LogP contribution in [-0.2, 0) is 15.9 Å². The Labute approximate surface area is 114 Å². The second-order valence-corrected chi connectivity index (χ2v) is 4.29. The molecule has 1 heterocycles. The van der Waals surface area contributed by atoms with Crippen LogP contribution in [0.1, 0.15) is 31.5 Å². The quantitative estimate of drug-likeness (QED) is 0.709. The fourth-order valence-electron chi connectivity index (χ4n) is 2.08. The van der Waals surface area contributed by atoms with E-state index in [1.165, 1.54) is 11.3 Å². The van der Waals surface area contributed by atoms with Crippen LogP contribution in [0.15, 0.2) is 48.7 Å². The van der Waals surface area contributed by atoms with Crippen LogP contribution in [0.2, 0.25) is 0 Å². The summed E-state index contributed by atoms with van der Waals surface area (Å²) in [6, 6.07) is 14.6. The predicted molar refractivity (Wildman–Crippen MR) is 76.0 cm³/mol. The summed E-state index contributed by atoms with van der Waals surface area (Å²) >= 11 is 0. The van der Waals surface area contributed by atoms with Crippen molar-refractivity contribution in [2.45, 2.75) is 26.7 Å². The number of aromatic nitrogens is 1. The molecular formula is C16H21NO2. The van der Waals surface area contributed by atoms with Crippen molar-refractivity contribution in [1.82, 2.24) is 4.57 Å². The van der Waals surface area contributed by atoms with Gasteiger partial charge in [0.2, 0.25) is 6.41 Å². The van der Waals surface area contributed by atoms with Crippen LogP contribution in [0.3, 0.4) is 0 Å². The molecule has 1 aromatic heterocycles. The first-order valence-corrected chi connectivity index (χ1v) is 6.78. The molecule has 0 bridgehead atoms. The number of hydrogen-bond donors (Lipinski definition) is 0. The Morgan fingerprint density at radius 2 is 1.63 bits per heavy atom. The van der Waals surface area contributed by atoms with Crippen molar-refractivity contribution in [2.24, 2.45) is 0 Å². The van der Waals surface area contributed by atoms with Crippen molar-refractivity contribution >= 4 is 0 Å². The monoisotopic (exact) mass is 259 g/mol. The van der Waals surface area contributed by atoms with Crippen LogP contribution < -0.4 is 0 Å². The van der Waals surface area contributed by atoms with Gasteiger partial charge in [0.15, 0.2) is 0 Å². The third-order valence-electron chi connectivity index (χ3n) is 2.94. The summed E-state index contributed by atoms with van der Waals surface area (Å²) in [5.41, 5.74) is 2.48. The van der Waals surface area contributed by atoms with Crippen LogP contribution in [0, 0.1) is 0 Å². The maximum atomic E-state index is 5.65. The second kappa shape index (κ2) is 7.12. The van der Waals surface area contributed by atoms with Crippen molar-refractivity contribution in [3.05, 3.63) is 59.9 Å². The highest BCUT2D eigenvalue weighted by Gasteiger charge is 2.13. The van der Waals surface area contributed by atoms with Crippen LogP contribution in [0.25, 0.3) is 0 Å². The lowest BCUT2D eigenvalue weighted by Crippen LogP contribution is -2.18. The van der Waals surface area contributed by atoms with Crippen LogP contribution in [-0.4, -0.2) is 17.8 Å². The second-order valence-electron chi connectivity index (χ2n) is 4.29. The number of ether oxygens (including phenoxy) is 2. The van der Waals surface area contributed by atoms with E-state index in [0.29, 0.717) is 13.2 Å². The van der Waals surface area contributed by atoms with Crippen molar-refractivity contribution in [3.8, 4) is 0 Å². The molecule has 0 unspecified atom stereocenters. The lowest BCUT2D eigenvalue weighted by atomic mass is 10.1. The first kappa shape index (κ1) is 13.8. The van der Waals surface area contributed by atoms with E-state index in [-0.39, 0.29) is 6.41 Å². The predicted octanol–water partition coefficient (Wildman–Crippen LogP) is 3.61. The fraction of sp³-hybridized carbons (Fsp3) is 0.375. The summed E-state index contributed by atoms with van der Waals surface area (Å²) in [7, 11) is 0. The Morgan fingerprint density at radius 1 is 0.947 bits per heavy atom. The molecule has 0 aliphatic rings. The zero-order valence-corrected chi connectivity index (χ0v) is 11.6. The minimum Gasteiger partial charge on any atom is -0.335 e. The maximum Gasteiger partial charge on any atom is 0.244 e. The molecule has 3 nitrogen and oxygen atoms in total. The third kappa shape index (κ3) is 3.69. The summed E-state index contributed by atoms with van der Waals surface area (Å²) in [6.45, 7) is 5.22. The van der Waals surface area contributed by atoms with Gasteiger partial charge < -0.3 is 14.0 Å². The minimum absolute atomic E-state index is 0.330. The Kier molecular flexibility index (Phi) is 5.19. The van der Waals surface area contributed by atoms with Gasteiger partial charge in [-0.05, 0) is 31.5 Å². The van der Waals surface area contributed by atoms with Gasteiger partial charge in [-0.25, -0.2) is 0 Å². The lowest BCUT2D eigenvalue weighted by molar-refractivity contribution is -0.186. The number of nitrogens with zero attached hydrogens (tertiary/aromatic N) is 1. The average molecular weight is 259 g/mol. The van der Waals surface area contributed by atoms with Crippen LogP contribution >= 0.6 is 0 Å². The zero-order chi connectivity index (χ0) is 13.5. The molecule has 0 fully saturated rings. The van der Waals surface area contributed by atoms with E-state index >= 15 is 0 Å². The van der Waals surface area contributed by atoms with Gasteiger partial charge in [-0.2, -0.15) is 0 Å². The summed E-state index contributed by atoms with van der Waals surface area (Å²) in [4.78, 5) is 0. The zero-order valence-electron chi connectivity index (χ0n) is 11.6. The van der Waals surface area contributed by atoms with Crippen molar-refractivity contribution < 1.29 is 9.47 Å². The van der Waals surface area contributed by atoms with Gasteiger partial charge in [0, 0.05) is 31.5 Å². The molecule has 0 radical (unpaired) electrons. The SMILES string of the molecule is CCOC(OCC)n1cccc1Cc1ccccc1. The molecule has 0 aliphatic heterocycles. The highest BCUT2D eigenvalue weighted by molar-refractivity contribution is 5.22. The summed E-state index contributed by atoms with van der Waals surface area (Å²) in [5, 5.41) is 0. The Morgan fingerprint density at radius 3 is 2.26 bits per heavy atom. The van der Waals surface area contributed by atoms with Gasteiger partial charge in [0.1, 0.15) is 0 Å².